The quantitative estimate of drug-likeness (QED) is 0.354. The minimum Gasteiger partial charge on any atom is -0.258 e. The highest BCUT2D eigenvalue weighted by molar-refractivity contribution is 8.10. The standard InChI is InChI=1S/C19H14Cl2N2O6S2/c1-13-18(22(24)25)3-2-4-19(13)23(30(26,27)16-9-5-14(20)6-10-16)31(28,29)17-11-7-15(21)8-12-17/h2-12H,1H3. The van der Waals surface area contributed by atoms with E-state index in [-0.39, 0.29) is 34.8 Å². The van der Waals surface area contributed by atoms with Crippen molar-refractivity contribution in [2.24, 2.45) is 0 Å². The molecule has 0 unspecified atom stereocenters. The molecule has 8 nitrogen and oxygen atoms in total. The van der Waals surface area contributed by atoms with E-state index >= 15 is 0 Å². The molecule has 0 heterocycles. The fourth-order valence-electron chi connectivity index (χ4n) is 2.80. The Balaban J connectivity index is 2.35. The van der Waals surface area contributed by atoms with Crippen LogP contribution in [-0.2, 0) is 20.0 Å². The highest BCUT2D eigenvalue weighted by Gasteiger charge is 2.39. The lowest BCUT2D eigenvalue weighted by atomic mass is 10.2. The highest BCUT2D eigenvalue weighted by Crippen LogP contribution is 2.36. The predicted molar refractivity (Wildman–Crippen MR) is 118 cm³/mol. The maximum atomic E-state index is 13.5. The number of hydrogen-bond acceptors (Lipinski definition) is 6. The van der Waals surface area contributed by atoms with Gasteiger partial charge in [0.2, 0.25) is 0 Å². The number of nitro groups is 1. The van der Waals surface area contributed by atoms with Crippen molar-refractivity contribution in [3.05, 3.63) is 92.5 Å². The molecule has 0 spiro atoms. The summed E-state index contributed by atoms with van der Waals surface area (Å²) in [5, 5.41) is 11.9. The molecule has 0 bridgehead atoms. The van der Waals surface area contributed by atoms with Gasteiger partial charge in [-0.15, -0.1) is 0 Å². The lowest BCUT2D eigenvalue weighted by molar-refractivity contribution is -0.385. The lowest BCUT2D eigenvalue weighted by Crippen LogP contribution is -2.37. The Hall–Kier alpha value is -2.66. The largest absolute Gasteiger partial charge is 0.277 e. The van der Waals surface area contributed by atoms with E-state index in [1.54, 1.807) is 0 Å². The van der Waals surface area contributed by atoms with E-state index in [4.69, 9.17) is 23.2 Å². The second kappa shape index (κ2) is 8.46. The first kappa shape index (κ1) is 23.0. The molecule has 0 aliphatic rings. The average molecular weight is 501 g/mol. The zero-order valence-corrected chi connectivity index (χ0v) is 18.9. The van der Waals surface area contributed by atoms with Crippen LogP contribution in [0.3, 0.4) is 0 Å². The Kier molecular flexibility index (Phi) is 6.28. The number of nitro benzene ring substituents is 1. The van der Waals surface area contributed by atoms with Gasteiger partial charge in [0.25, 0.3) is 25.7 Å². The smallest absolute Gasteiger partial charge is 0.258 e. The molecular weight excluding hydrogens is 487 g/mol. The topological polar surface area (TPSA) is 115 Å². The van der Waals surface area contributed by atoms with Gasteiger partial charge in [-0.1, -0.05) is 29.3 Å². The van der Waals surface area contributed by atoms with E-state index in [0.717, 1.165) is 30.3 Å². The highest BCUT2D eigenvalue weighted by atomic mass is 35.5. The van der Waals surface area contributed by atoms with Crippen LogP contribution in [-0.4, -0.2) is 21.8 Å². The maximum Gasteiger partial charge on any atom is 0.277 e. The van der Waals surface area contributed by atoms with Crippen molar-refractivity contribution in [2.75, 3.05) is 3.71 Å². The predicted octanol–water partition coefficient (Wildman–Crippen LogP) is 4.79. The van der Waals surface area contributed by atoms with Crippen molar-refractivity contribution < 1.29 is 21.8 Å². The van der Waals surface area contributed by atoms with Crippen LogP contribution in [0.15, 0.2) is 76.5 Å². The van der Waals surface area contributed by atoms with Crippen LogP contribution >= 0.6 is 23.2 Å². The summed E-state index contributed by atoms with van der Waals surface area (Å²) >= 11 is 11.7. The molecule has 3 aromatic carbocycles. The Morgan fingerprint density at radius 1 is 0.774 bits per heavy atom. The van der Waals surface area contributed by atoms with Crippen LogP contribution in [0.2, 0.25) is 10.0 Å². The molecule has 0 amide bonds. The number of anilines is 1. The number of rotatable bonds is 6. The average Bonchev–Trinajstić information content (AvgIpc) is 2.69. The molecule has 0 atom stereocenters. The number of sulfonamides is 2. The third kappa shape index (κ3) is 4.38. The fraction of sp³-hybridized carbons (Fsp3) is 0.0526. The number of nitrogens with zero attached hydrogens (tertiary/aromatic N) is 2. The Morgan fingerprint density at radius 2 is 1.19 bits per heavy atom. The lowest BCUT2D eigenvalue weighted by Gasteiger charge is -2.25. The van der Waals surface area contributed by atoms with Gasteiger partial charge in [-0.3, -0.25) is 10.1 Å². The van der Waals surface area contributed by atoms with Gasteiger partial charge in [-0.2, -0.15) is 3.71 Å². The summed E-state index contributed by atoms with van der Waals surface area (Å²) in [6, 6.07) is 13.3. The van der Waals surface area contributed by atoms with Gasteiger partial charge in [0.15, 0.2) is 0 Å². The monoisotopic (exact) mass is 500 g/mol. The first-order valence-corrected chi connectivity index (χ1v) is 12.2. The minimum atomic E-state index is -4.72. The van der Waals surface area contributed by atoms with Gasteiger partial charge in [-0.05, 0) is 61.5 Å². The first-order valence-electron chi connectivity index (χ1n) is 8.52. The van der Waals surface area contributed by atoms with Crippen molar-refractivity contribution in [1.82, 2.24) is 0 Å². The molecule has 162 valence electrons. The third-order valence-electron chi connectivity index (χ3n) is 4.33. The van der Waals surface area contributed by atoms with Crippen molar-refractivity contribution in [1.29, 1.82) is 0 Å². The molecule has 0 radical (unpaired) electrons. The number of halogens is 2. The van der Waals surface area contributed by atoms with Gasteiger partial charge in [0.05, 0.1) is 26.0 Å². The zero-order valence-electron chi connectivity index (χ0n) is 15.8. The maximum absolute atomic E-state index is 13.5. The second-order valence-corrected chi connectivity index (χ2v) is 11.0. The van der Waals surface area contributed by atoms with Crippen LogP contribution in [0.4, 0.5) is 11.4 Å². The molecule has 0 saturated heterocycles. The van der Waals surface area contributed by atoms with Crippen molar-refractivity contribution in [3.8, 4) is 0 Å². The Labute approximate surface area is 188 Å². The Morgan fingerprint density at radius 3 is 1.58 bits per heavy atom. The molecule has 0 N–H and O–H groups in total. The molecule has 0 fully saturated rings. The van der Waals surface area contributed by atoms with Gasteiger partial charge in [0, 0.05) is 16.1 Å². The SMILES string of the molecule is Cc1c(N(S(=O)(=O)c2ccc(Cl)cc2)S(=O)(=O)c2ccc(Cl)cc2)cccc1[N+](=O)[O-]. The molecule has 3 rings (SSSR count). The van der Waals surface area contributed by atoms with Crippen molar-refractivity contribution >= 4 is 54.6 Å². The number of benzene rings is 3. The first-order chi connectivity index (χ1) is 14.5. The van der Waals surface area contributed by atoms with Crippen molar-refractivity contribution in [3.63, 3.8) is 0 Å². The molecule has 0 aliphatic heterocycles. The molecule has 0 aliphatic carbocycles. The van der Waals surface area contributed by atoms with E-state index < -0.39 is 30.7 Å². The van der Waals surface area contributed by atoms with Crippen LogP contribution in [0.1, 0.15) is 5.56 Å². The minimum absolute atomic E-state index is 0.137. The van der Waals surface area contributed by atoms with Crippen LogP contribution in [0, 0.1) is 17.0 Å². The van der Waals surface area contributed by atoms with E-state index in [9.17, 15) is 26.9 Å². The van der Waals surface area contributed by atoms with Gasteiger partial charge in [0.1, 0.15) is 0 Å². The molecule has 3 aromatic rings. The fourth-order valence-corrected chi connectivity index (χ4v) is 6.86. The molecule has 31 heavy (non-hydrogen) atoms. The Bertz CT molecular complexity index is 1280. The molecule has 12 heteroatoms. The zero-order chi connectivity index (χ0) is 23.0. The summed E-state index contributed by atoms with van der Waals surface area (Å²) < 4.78 is 54.1. The summed E-state index contributed by atoms with van der Waals surface area (Å²) in [5.41, 5.74) is -0.943. The van der Waals surface area contributed by atoms with Crippen molar-refractivity contribution in [2.45, 2.75) is 16.7 Å². The molecule has 0 saturated carbocycles. The third-order valence-corrected chi connectivity index (χ3v) is 9.01. The van der Waals surface area contributed by atoms with Crippen LogP contribution in [0.5, 0.6) is 0 Å². The summed E-state index contributed by atoms with van der Waals surface area (Å²) in [7, 11) is -9.44. The van der Waals surface area contributed by atoms with Crippen LogP contribution in [0.25, 0.3) is 0 Å². The van der Waals surface area contributed by atoms with Crippen LogP contribution < -0.4 is 3.71 Å². The van der Waals surface area contributed by atoms with E-state index in [1.807, 2.05) is 0 Å². The van der Waals surface area contributed by atoms with E-state index in [0.29, 0.717) is 0 Å². The molecular formula is C19H14Cl2N2O6S2. The molecule has 0 aromatic heterocycles. The summed E-state index contributed by atoms with van der Waals surface area (Å²) in [5.74, 6) is 0. The van der Waals surface area contributed by atoms with Gasteiger partial charge < -0.3 is 0 Å². The van der Waals surface area contributed by atoms with E-state index in [2.05, 4.69) is 0 Å². The number of hydrogen-bond donors (Lipinski definition) is 0. The summed E-state index contributed by atoms with van der Waals surface area (Å²) in [4.78, 5) is 9.93. The summed E-state index contributed by atoms with van der Waals surface area (Å²) in [6.07, 6.45) is 0. The second-order valence-electron chi connectivity index (χ2n) is 6.29. The van der Waals surface area contributed by atoms with Gasteiger partial charge >= 0.3 is 0 Å². The summed E-state index contributed by atoms with van der Waals surface area (Å²) in [6.45, 7) is 1.27. The normalized spacial score (nSPS) is 11.8. The van der Waals surface area contributed by atoms with E-state index in [1.165, 1.54) is 43.3 Å². The van der Waals surface area contributed by atoms with Gasteiger partial charge in [-0.25, -0.2) is 16.8 Å².